The van der Waals surface area contributed by atoms with Crippen molar-refractivity contribution in [1.82, 2.24) is 10.9 Å². The van der Waals surface area contributed by atoms with Crippen molar-refractivity contribution >= 4 is 46.1 Å². The molecule has 1 saturated carbocycles. The molecule has 0 atom stereocenters. The lowest BCUT2D eigenvalue weighted by Gasteiger charge is -2.31. The summed E-state index contributed by atoms with van der Waals surface area (Å²) in [6.07, 6.45) is 2.40. The predicted octanol–water partition coefficient (Wildman–Crippen LogP) is 0.575. The van der Waals surface area contributed by atoms with Gasteiger partial charge in [-0.3, -0.25) is 10.9 Å². The molecule has 1 aliphatic rings. The fourth-order valence-electron chi connectivity index (χ4n) is 1.95. The minimum atomic E-state index is 0.0890. The summed E-state index contributed by atoms with van der Waals surface area (Å²) in [5.41, 5.74) is 17.9. The summed E-state index contributed by atoms with van der Waals surface area (Å²) < 4.78 is 0. The van der Waals surface area contributed by atoms with E-state index in [0.29, 0.717) is 6.42 Å². The summed E-state index contributed by atoms with van der Waals surface area (Å²) in [5.74, 6) is 0. The highest BCUT2D eigenvalue weighted by Gasteiger charge is 2.29. The third kappa shape index (κ3) is 5.37. The monoisotopic (exact) mass is 286 g/mol. The van der Waals surface area contributed by atoms with Gasteiger partial charge in [-0.1, -0.05) is 13.8 Å². The van der Waals surface area contributed by atoms with Gasteiger partial charge in [0.25, 0.3) is 0 Å². The van der Waals surface area contributed by atoms with Crippen LogP contribution in [-0.2, 0) is 0 Å². The van der Waals surface area contributed by atoms with E-state index in [9.17, 15) is 0 Å². The molecule has 0 unspecified atom stereocenters. The van der Waals surface area contributed by atoms with E-state index in [1.54, 1.807) is 0 Å². The molecule has 1 rings (SSSR count). The quantitative estimate of drug-likeness (QED) is 0.437. The van der Waals surface area contributed by atoms with E-state index in [-0.39, 0.29) is 15.6 Å². The predicted molar refractivity (Wildman–Crippen MR) is 82.3 cm³/mol. The summed E-state index contributed by atoms with van der Waals surface area (Å²) in [5, 5.41) is 8.68. The number of rotatable bonds is 2. The van der Waals surface area contributed by atoms with Crippen LogP contribution in [0.25, 0.3) is 0 Å². The lowest BCUT2D eigenvalue weighted by molar-refractivity contribution is 0.388. The summed E-state index contributed by atoms with van der Waals surface area (Å²) in [7, 11) is 0. The zero-order valence-electron chi connectivity index (χ0n) is 10.5. The van der Waals surface area contributed by atoms with E-state index in [0.717, 1.165) is 24.3 Å². The normalized spacial score (nSPS) is 22.8. The molecular formula is C10H18N6S2. The molecule has 8 heteroatoms. The van der Waals surface area contributed by atoms with Gasteiger partial charge in [0, 0.05) is 17.8 Å². The van der Waals surface area contributed by atoms with Crippen LogP contribution < -0.4 is 22.3 Å². The van der Waals surface area contributed by atoms with Crippen molar-refractivity contribution < 1.29 is 0 Å². The van der Waals surface area contributed by atoms with E-state index < -0.39 is 0 Å². The molecule has 18 heavy (non-hydrogen) atoms. The van der Waals surface area contributed by atoms with Gasteiger partial charge in [0.05, 0.1) is 0 Å². The zero-order valence-corrected chi connectivity index (χ0v) is 12.1. The fourth-order valence-corrected chi connectivity index (χ4v) is 2.05. The largest absolute Gasteiger partial charge is 0.375 e. The standard InChI is InChI=1S/C10H18N6S2/c1-10(2)4-6(13-15-8(11)17)3-7(5-10)14-16-9(12)18/h3-5H2,1-2H3,(H3,11,15,17)(H3,12,16,18). The maximum absolute atomic E-state index is 5.35. The van der Waals surface area contributed by atoms with Gasteiger partial charge in [-0.2, -0.15) is 10.2 Å². The number of hydrogen-bond acceptors (Lipinski definition) is 4. The van der Waals surface area contributed by atoms with E-state index in [2.05, 4.69) is 34.9 Å². The summed E-state index contributed by atoms with van der Waals surface area (Å²) in [6.45, 7) is 4.30. The van der Waals surface area contributed by atoms with Gasteiger partial charge in [0.1, 0.15) is 0 Å². The van der Waals surface area contributed by atoms with Crippen LogP contribution in [0.1, 0.15) is 33.1 Å². The third-order valence-corrected chi connectivity index (χ3v) is 2.60. The molecule has 1 aliphatic carbocycles. The molecule has 6 N–H and O–H groups in total. The maximum Gasteiger partial charge on any atom is 0.184 e. The molecule has 0 aromatic heterocycles. The number of hydrogen-bond donors (Lipinski definition) is 4. The average Bonchev–Trinajstić information content (AvgIpc) is 2.21. The first-order valence-corrected chi connectivity index (χ1v) is 6.32. The molecular weight excluding hydrogens is 268 g/mol. The molecule has 0 bridgehead atoms. The minimum Gasteiger partial charge on any atom is -0.375 e. The Labute approximate surface area is 117 Å². The highest BCUT2D eigenvalue weighted by molar-refractivity contribution is 7.80. The van der Waals surface area contributed by atoms with Crippen LogP contribution in [0.3, 0.4) is 0 Å². The van der Waals surface area contributed by atoms with Crippen LogP contribution in [0.2, 0.25) is 0 Å². The Balaban J connectivity index is 2.78. The third-order valence-electron chi connectivity index (χ3n) is 2.42. The first-order valence-electron chi connectivity index (χ1n) is 5.50. The van der Waals surface area contributed by atoms with E-state index in [1.165, 1.54) is 0 Å². The zero-order chi connectivity index (χ0) is 13.8. The van der Waals surface area contributed by atoms with Crippen molar-refractivity contribution in [1.29, 1.82) is 0 Å². The van der Waals surface area contributed by atoms with Crippen molar-refractivity contribution in [3.8, 4) is 0 Å². The molecule has 1 fully saturated rings. The number of nitrogens with two attached hydrogens (primary N) is 2. The second kappa shape index (κ2) is 6.05. The van der Waals surface area contributed by atoms with E-state index in [1.807, 2.05) is 0 Å². The summed E-state index contributed by atoms with van der Waals surface area (Å²) >= 11 is 9.44. The Hall–Kier alpha value is -1.28. The van der Waals surface area contributed by atoms with Crippen molar-refractivity contribution in [2.75, 3.05) is 0 Å². The van der Waals surface area contributed by atoms with Crippen LogP contribution >= 0.6 is 24.4 Å². The Kier molecular flexibility index (Phi) is 4.97. The van der Waals surface area contributed by atoms with E-state index >= 15 is 0 Å². The Morgan fingerprint density at radius 3 is 1.78 bits per heavy atom. The molecule has 0 aliphatic heterocycles. The van der Waals surface area contributed by atoms with Gasteiger partial charge in [-0.05, 0) is 42.7 Å². The van der Waals surface area contributed by atoms with Gasteiger partial charge < -0.3 is 11.5 Å². The lowest BCUT2D eigenvalue weighted by Crippen LogP contribution is -2.34. The topological polar surface area (TPSA) is 101 Å². The second-order valence-corrected chi connectivity index (χ2v) is 5.88. The molecule has 0 amide bonds. The number of hydrazone groups is 2. The SMILES string of the molecule is CC1(C)CC(=NNC(N)=S)CC(=NNC(N)=S)C1. The van der Waals surface area contributed by atoms with Gasteiger partial charge in [-0.15, -0.1) is 0 Å². The van der Waals surface area contributed by atoms with Gasteiger partial charge in [0.2, 0.25) is 0 Å². The van der Waals surface area contributed by atoms with Crippen molar-refractivity contribution in [2.24, 2.45) is 27.1 Å². The minimum absolute atomic E-state index is 0.0890. The number of nitrogens with one attached hydrogen (secondary N) is 2. The highest BCUT2D eigenvalue weighted by atomic mass is 32.1. The van der Waals surface area contributed by atoms with Gasteiger partial charge >= 0.3 is 0 Å². The van der Waals surface area contributed by atoms with Crippen molar-refractivity contribution in [3.63, 3.8) is 0 Å². The smallest absolute Gasteiger partial charge is 0.184 e. The van der Waals surface area contributed by atoms with Crippen LogP contribution in [0.15, 0.2) is 10.2 Å². The van der Waals surface area contributed by atoms with E-state index in [4.69, 9.17) is 35.9 Å². The highest BCUT2D eigenvalue weighted by Crippen LogP contribution is 2.32. The molecule has 100 valence electrons. The summed E-state index contributed by atoms with van der Waals surface area (Å²) in [4.78, 5) is 0. The average molecular weight is 286 g/mol. The van der Waals surface area contributed by atoms with Crippen molar-refractivity contribution in [3.05, 3.63) is 0 Å². The molecule has 0 aromatic rings. The van der Waals surface area contributed by atoms with Gasteiger partial charge in [0.15, 0.2) is 10.2 Å². The lowest BCUT2D eigenvalue weighted by atomic mass is 9.75. The molecule has 0 aromatic carbocycles. The number of nitrogens with zero attached hydrogens (tertiary/aromatic N) is 2. The van der Waals surface area contributed by atoms with Crippen molar-refractivity contribution in [2.45, 2.75) is 33.1 Å². The second-order valence-electron chi connectivity index (χ2n) is 5.00. The molecule has 0 spiro atoms. The Morgan fingerprint density at radius 2 is 1.44 bits per heavy atom. The van der Waals surface area contributed by atoms with Crippen LogP contribution in [0.5, 0.6) is 0 Å². The fraction of sp³-hybridized carbons (Fsp3) is 0.600. The van der Waals surface area contributed by atoms with Gasteiger partial charge in [-0.25, -0.2) is 0 Å². The maximum atomic E-state index is 5.35. The molecule has 0 saturated heterocycles. The Morgan fingerprint density at radius 1 is 1.06 bits per heavy atom. The van der Waals surface area contributed by atoms with Crippen LogP contribution in [0.4, 0.5) is 0 Å². The molecule has 0 radical (unpaired) electrons. The first kappa shape index (κ1) is 14.8. The summed E-state index contributed by atoms with van der Waals surface area (Å²) in [6, 6.07) is 0. The molecule has 0 heterocycles. The molecule has 6 nitrogen and oxygen atoms in total. The van der Waals surface area contributed by atoms with Crippen LogP contribution in [-0.4, -0.2) is 21.6 Å². The van der Waals surface area contributed by atoms with Crippen LogP contribution in [0, 0.1) is 5.41 Å². The Bertz CT molecular complexity index is 377. The number of thiocarbonyl (C=S) groups is 2. The first-order chi connectivity index (χ1) is 8.28.